The van der Waals surface area contributed by atoms with Gasteiger partial charge in [-0.25, -0.2) is 9.53 Å². The number of nitrogens with one attached hydrogen (secondary N) is 1. The van der Waals surface area contributed by atoms with Gasteiger partial charge in [0.25, 0.3) is 0 Å². The van der Waals surface area contributed by atoms with Gasteiger partial charge in [0.1, 0.15) is 11.5 Å². The van der Waals surface area contributed by atoms with E-state index in [-0.39, 0.29) is 35.1 Å². The summed E-state index contributed by atoms with van der Waals surface area (Å²) in [6.45, 7) is 0.366. The molecule has 1 aromatic carbocycles. The molecule has 4 rings (SSSR count). The van der Waals surface area contributed by atoms with Crippen molar-refractivity contribution >= 4 is 33.4 Å². The maximum atomic E-state index is 13.4. The molecule has 1 aliphatic rings. The lowest BCUT2D eigenvalue weighted by Crippen LogP contribution is -2.21. The van der Waals surface area contributed by atoms with E-state index >= 15 is 0 Å². The van der Waals surface area contributed by atoms with Crippen molar-refractivity contribution in [1.82, 2.24) is 14.8 Å². The first-order valence-corrected chi connectivity index (χ1v) is 12.4. The summed E-state index contributed by atoms with van der Waals surface area (Å²) >= 11 is 5.84. The highest BCUT2D eigenvalue weighted by molar-refractivity contribution is 7.84. The Kier molecular flexibility index (Phi) is 7.27. The van der Waals surface area contributed by atoms with Crippen molar-refractivity contribution in [3.05, 3.63) is 76.6 Å². The Balaban J connectivity index is 1.42. The van der Waals surface area contributed by atoms with E-state index in [0.717, 1.165) is 18.4 Å². The molecule has 0 amide bonds. The molecule has 0 spiro atoms. The number of carbonyl (C=O) groups excluding carboxylic acids is 1. The van der Waals surface area contributed by atoms with Gasteiger partial charge in [-0.15, -0.1) is 0 Å². The molecule has 0 bridgehead atoms. The third kappa shape index (κ3) is 6.17. The van der Waals surface area contributed by atoms with Crippen LogP contribution in [-0.2, 0) is 21.0 Å². The second-order valence-electron chi connectivity index (χ2n) is 8.20. The number of anilines is 1. The quantitative estimate of drug-likeness (QED) is 0.425. The SMILES string of the molecule is NS(=O)(=O)OCC1CCC(Nc2ccncc2C(=O)c2ccn(Cc3ccc(F)c(Cl)c3)n2)C1. The summed E-state index contributed by atoms with van der Waals surface area (Å²) in [5, 5.41) is 12.6. The third-order valence-corrected chi connectivity index (χ3v) is 6.39. The van der Waals surface area contributed by atoms with E-state index in [2.05, 4.69) is 15.4 Å². The number of aromatic nitrogens is 3. The lowest BCUT2D eigenvalue weighted by atomic mass is 10.1. The molecular formula is C22H23ClFN5O4S. The summed E-state index contributed by atoms with van der Waals surface area (Å²) in [6, 6.07) is 7.79. The molecule has 0 aliphatic heterocycles. The zero-order chi connectivity index (χ0) is 24.3. The molecule has 0 saturated heterocycles. The lowest BCUT2D eigenvalue weighted by molar-refractivity contribution is 0.103. The molecule has 34 heavy (non-hydrogen) atoms. The molecule has 2 heterocycles. The number of pyridine rings is 1. The topological polar surface area (TPSA) is 129 Å². The molecule has 1 saturated carbocycles. The Labute approximate surface area is 201 Å². The second kappa shape index (κ2) is 10.2. The van der Waals surface area contributed by atoms with E-state index in [1.54, 1.807) is 35.3 Å². The Morgan fingerprint density at radius 1 is 1.29 bits per heavy atom. The number of ketones is 1. The van der Waals surface area contributed by atoms with Gasteiger partial charge < -0.3 is 5.32 Å². The summed E-state index contributed by atoms with van der Waals surface area (Å²) in [7, 11) is -3.96. The number of carbonyl (C=O) groups is 1. The maximum absolute atomic E-state index is 13.4. The van der Waals surface area contributed by atoms with Crippen molar-refractivity contribution < 1.29 is 21.8 Å². The van der Waals surface area contributed by atoms with Crippen molar-refractivity contribution in [2.24, 2.45) is 11.1 Å². The predicted octanol–water partition coefficient (Wildman–Crippen LogP) is 3.15. The van der Waals surface area contributed by atoms with E-state index < -0.39 is 16.1 Å². The van der Waals surface area contributed by atoms with Gasteiger partial charge in [-0.3, -0.25) is 18.6 Å². The van der Waals surface area contributed by atoms with Crippen LogP contribution in [0.1, 0.15) is 40.9 Å². The molecule has 2 aromatic heterocycles. The summed E-state index contributed by atoms with van der Waals surface area (Å²) in [5.41, 5.74) is 1.99. The zero-order valence-corrected chi connectivity index (χ0v) is 19.6. The first kappa shape index (κ1) is 24.3. The average Bonchev–Trinajstić information content (AvgIpc) is 3.44. The van der Waals surface area contributed by atoms with E-state index in [0.29, 0.717) is 24.2 Å². The van der Waals surface area contributed by atoms with Crippen LogP contribution in [0.2, 0.25) is 5.02 Å². The van der Waals surface area contributed by atoms with Gasteiger partial charge in [-0.2, -0.15) is 13.5 Å². The first-order chi connectivity index (χ1) is 16.2. The lowest BCUT2D eigenvalue weighted by Gasteiger charge is -2.16. The molecule has 180 valence electrons. The Morgan fingerprint density at radius 3 is 2.88 bits per heavy atom. The molecule has 9 nitrogen and oxygen atoms in total. The number of halogens is 2. The van der Waals surface area contributed by atoms with Crippen LogP contribution in [0, 0.1) is 11.7 Å². The van der Waals surface area contributed by atoms with Crippen LogP contribution in [0.5, 0.6) is 0 Å². The number of rotatable bonds is 9. The normalized spacial score (nSPS) is 18.2. The number of hydrogen-bond donors (Lipinski definition) is 2. The van der Waals surface area contributed by atoms with Gasteiger partial charge in [0.2, 0.25) is 5.78 Å². The van der Waals surface area contributed by atoms with Crippen molar-refractivity contribution in [2.45, 2.75) is 31.8 Å². The second-order valence-corrected chi connectivity index (χ2v) is 9.82. The molecule has 2 unspecified atom stereocenters. The highest BCUT2D eigenvalue weighted by Gasteiger charge is 2.27. The fourth-order valence-corrected chi connectivity index (χ4v) is 4.59. The summed E-state index contributed by atoms with van der Waals surface area (Å²) < 4.78 is 41.7. The Hall–Kier alpha value is -2.86. The zero-order valence-electron chi connectivity index (χ0n) is 18.0. The van der Waals surface area contributed by atoms with Gasteiger partial charge in [-0.05, 0) is 55.0 Å². The number of nitrogens with two attached hydrogens (primary N) is 1. The first-order valence-electron chi connectivity index (χ1n) is 10.6. The molecular weight excluding hydrogens is 485 g/mol. The highest BCUT2D eigenvalue weighted by atomic mass is 35.5. The number of benzene rings is 1. The van der Waals surface area contributed by atoms with Crippen LogP contribution >= 0.6 is 11.6 Å². The van der Waals surface area contributed by atoms with Crippen molar-refractivity contribution in [3.63, 3.8) is 0 Å². The number of nitrogens with zero attached hydrogens (tertiary/aromatic N) is 3. The van der Waals surface area contributed by atoms with E-state index in [4.69, 9.17) is 20.9 Å². The molecule has 1 aliphatic carbocycles. The van der Waals surface area contributed by atoms with Crippen molar-refractivity contribution in [1.29, 1.82) is 0 Å². The smallest absolute Gasteiger partial charge is 0.333 e. The van der Waals surface area contributed by atoms with Crippen LogP contribution < -0.4 is 10.5 Å². The molecule has 2 atom stereocenters. The van der Waals surface area contributed by atoms with Gasteiger partial charge in [0, 0.05) is 30.3 Å². The minimum atomic E-state index is -3.96. The molecule has 1 fully saturated rings. The molecule has 3 N–H and O–H groups in total. The van der Waals surface area contributed by atoms with Crippen LogP contribution in [-0.4, -0.2) is 41.6 Å². The van der Waals surface area contributed by atoms with Crippen molar-refractivity contribution in [3.8, 4) is 0 Å². The fraction of sp³-hybridized carbons (Fsp3) is 0.318. The van der Waals surface area contributed by atoms with Gasteiger partial charge in [0.15, 0.2) is 0 Å². The summed E-state index contributed by atoms with van der Waals surface area (Å²) in [4.78, 5) is 17.2. The molecule has 12 heteroatoms. The maximum Gasteiger partial charge on any atom is 0.333 e. The largest absolute Gasteiger partial charge is 0.382 e. The minimum Gasteiger partial charge on any atom is -0.382 e. The summed E-state index contributed by atoms with van der Waals surface area (Å²) in [5.74, 6) is -0.741. The van der Waals surface area contributed by atoms with Gasteiger partial charge in [-0.1, -0.05) is 17.7 Å². The molecule has 3 aromatic rings. The summed E-state index contributed by atoms with van der Waals surface area (Å²) in [6.07, 6.45) is 7.00. The predicted molar refractivity (Wildman–Crippen MR) is 124 cm³/mol. The van der Waals surface area contributed by atoms with E-state index in [1.165, 1.54) is 18.3 Å². The average molecular weight is 508 g/mol. The van der Waals surface area contributed by atoms with Crippen molar-refractivity contribution in [2.75, 3.05) is 11.9 Å². The van der Waals surface area contributed by atoms with Crippen LogP contribution in [0.25, 0.3) is 0 Å². The van der Waals surface area contributed by atoms with Crippen LogP contribution in [0.3, 0.4) is 0 Å². The van der Waals surface area contributed by atoms with Gasteiger partial charge in [0.05, 0.1) is 23.7 Å². The van der Waals surface area contributed by atoms with E-state index in [9.17, 15) is 17.6 Å². The molecule has 0 radical (unpaired) electrons. The Bertz CT molecular complexity index is 1300. The van der Waals surface area contributed by atoms with Crippen LogP contribution in [0.15, 0.2) is 48.9 Å². The standard InChI is InChI=1S/C22H23ClFN5O4S/c23-18-10-14(2-4-19(18)24)12-29-8-6-21(28-29)22(30)17-11-26-7-5-20(17)27-16-3-1-15(9-16)13-33-34(25,31)32/h2,4-8,10-11,15-16H,1,3,9,12-13H2,(H,26,27)(H2,25,31,32). The van der Waals surface area contributed by atoms with Crippen LogP contribution in [0.4, 0.5) is 10.1 Å². The third-order valence-electron chi connectivity index (χ3n) is 5.64. The minimum absolute atomic E-state index is 0.0254. The highest BCUT2D eigenvalue weighted by Crippen LogP contribution is 2.30. The Morgan fingerprint density at radius 2 is 2.12 bits per heavy atom. The van der Waals surface area contributed by atoms with Gasteiger partial charge >= 0.3 is 10.3 Å². The van der Waals surface area contributed by atoms with E-state index in [1.807, 2.05) is 0 Å². The number of hydrogen-bond acceptors (Lipinski definition) is 7. The monoisotopic (exact) mass is 507 g/mol. The fourth-order valence-electron chi connectivity index (χ4n) is 4.00.